The second kappa shape index (κ2) is 6.79. The highest BCUT2D eigenvalue weighted by atomic mass is 19.4. The van der Waals surface area contributed by atoms with Crippen molar-refractivity contribution in [1.29, 1.82) is 0 Å². The first kappa shape index (κ1) is 17.7. The van der Waals surface area contributed by atoms with Crippen LogP contribution in [-0.4, -0.2) is 15.2 Å². The number of hydrogen-bond acceptors (Lipinski definition) is 2. The minimum Gasteiger partial charge on any atom is -0.270 e. The Balaban J connectivity index is 1.82. The molecule has 4 rings (SSSR count). The van der Waals surface area contributed by atoms with Crippen LogP contribution >= 0.6 is 0 Å². The molecule has 0 amide bonds. The number of aromatic amines is 1. The third kappa shape index (κ3) is 3.34. The van der Waals surface area contributed by atoms with Gasteiger partial charge in [0, 0.05) is 11.8 Å². The Hall–Kier alpha value is -2.70. The van der Waals surface area contributed by atoms with Crippen LogP contribution in [0.1, 0.15) is 42.9 Å². The normalized spacial score (nSPS) is 15.4. The average Bonchev–Trinajstić information content (AvgIpc) is 3.31. The first-order chi connectivity index (χ1) is 12.9. The summed E-state index contributed by atoms with van der Waals surface area (Å²) in [5.41, 5.74) is 1.13. The number of halogens is 4. The number of nitrogens with zero attached hydrogens (tertiary/aromatic N) is 2. The molecule has 1 aliphatic rings. The van der Waals surface area contributed by atoms with Crippen LogP contribution in [0.3, 0.4) is 0 Å². The number of hydrogen-bond donors (Lipinski definition) is 1. The van der Waals surface area contributed by atoms with Crippen molar-refractivity contribution in [3.63, 3.8) is 0 Å². The van der Waals surface area contributed by atoms with E-state index in [9.17, 15) is 17.6 Å². The van der Waals surface area contributed by atoms with E-state index >= 15 is 0 Å². The van der Waals surface area contributed by atoms with E-state index in [1.807, 2.05) is 30.3 Å². The van der Waals surface area contributed by atoms with Gasteiger partial charge in [-0.3, -0.25) is 10.1 Å². The first-order valence-corrected chi connectivity index (χ1v) is 8.82. The van der Waals surface area contributed by atoms with Gasteiger partial charge in [-0.2, -0.15) is 18.3 Å². The Morgan fingerprint density at radius 1 is 1.04 bits per heavy atom. The van der Waals surface area contributed by atoms with E-state index in [0.717, 1.165) is 42.4 Å². The predicted molar refractivity (Wildman–Crippen MR) is 93.4 cm³/mol. The molecule has 0 aliphatic heterocycles. The number of H-pyrrole nitrogens is 1. The van der Waals surface area contributed by atoms with Crippen molar-refractivity contribution in [2.24, 2.45) is 0 Å². The Bertz CT molecular complexity index is 942. The molecule has 0 atom stereocenters. The van der Waals surface area contributed by atoms with E-state index < -0.39 is 23.4 Å². The van der Waals surface area contributed by atoms with Crippen molar-refractivity contribution in [2.75, 3.05) is 0 Å². The predicted octanol–water partition coefficient (Wildman–Crippen LogP) is 5.95. The molecular weight excluding hydrogens is 358 g/mol. The number of pyridine rings is 1. The fourth-order valence-corrected chi connectivity index (χ4v) is 3.72. The number of benzene rings is 1. The summed E-state index contributed by atoms with van der Waals surface area (Å²) in [7, 11) is 0. The summed E-state index contributed by atoms with van der Waals surface area (Å²) in [4.78, 5) is 4.22. The number of aromatic nitrogens is 3. The van der Waals surface area contributed by atoms with Crippen LogP contribution in [0.5, 0.6) is 0 Å². The molecule has 1 aliphatic carbocycles. The lowest BCUT2D eigenvalue weighted by molar-refractivity contribution is -0.143. The SMILES string of the molecule is Fc1c(-c2cc(C3CCCC3)c(-c3ccccc3)cn2)n[nH]c1C(F)(F)F. The summed E-state index contributed by atoms with van der Waals surface area (Å²) in [6, 6.07) is 11.4. The molecule has 3 nitrogen and oxygen atoms in total. The second-order valence-corrected chi connectivity index (χ2v) is 6.76. The molecule has 0 unspecified atom stereocenters. The van der Waals surface area contributed by atoms with Crippen LogP contribution in [-0.2, 0) is 6.18 Å². The monoisotopic (exact) mass is 375 g/mol. The lowest BCUT2D eigenvalue weighted by Crippen LogP contribution is -2.07. The van der Waals surface area contributed by atoms with Crippen LogP contribution in [0.25, 0.3) is 22.5 Å². The van der Waals surface area contributed by atoms with Gasteiger partial charge in [-0.1, -0.05) is 43.2 Å². The topological polar surface area (TPSA) is 41.6 Å². The standard InChI is InChI=1S/C20H17F4N3/c21-17-18(26-27-19(17)20(22,23)24)16-10-14(12-8-4-5-9-12)15(11-25-16)13-6-2-1-3-7-13/h1-3,6-7,10-12H,4-5,8-9H2,(H,26,27). The molecule has 2 aromatic heterocycles. The van der Waals surface area contributed by atoms with E-state index in [-0.39, 0.29) is 11.6 Å². The Labute approximate surface area is 153 Å². The Morgan fingerprint density at radius 2 is 1.74 bits per heavy atom. The van der Waals surface area contributed by atoms with Gasteiger partial charge in [-0.25, -0.2) is 4.39 Å². The molecule has 3 aromatic rings. The molecule has 1 fully saturated rings. The zero-order valence-corrected chi connectivity index (χ0v) is 14.4. The maximum atomic E-state index is 14.3. The van der Waals surface area contributed by atoms with Gasteiger partial charge < -0.3 is 0 Å². The maximum absolute atomic E-state index is 14.3. The first-order valence-electron chi connectivity index (χ1n) is 8.82. The van der Waals surface area contributed by atoms with Crippen molar-refractivity contribution in [3.8, 4) is 22.5 Å². The van der Waals surface area contributed by atoms with Crippen LogP contribution in [0.15, 0.2) is 42.6 Å². The Morgan fingerprint density at radius 3 is 2.37 bits per heavy atom. The fraction of sp³-hybridized carbons (Fsp3) is 0.300. The van der Waals surface area contributed by atoms with Gasteiger partial charge in [-0.15, -0.1) is 0 Å². The van der Waals surface area contributed by atoms with Crippen LogP contribution < -0.4 is 0 Å². The smallest absolute Gasteiger partial charge is 0.270 e. The quantitative estimate of drug-likeness (QED) is 0.575. The lowest BCUT2D eigenvalue weighted by Gasteiger charge is -2.16. The van der Waals surface area contributed by atoms with E-state index in [1.165, 1.54) is 0 Å². The van der Waals surface area contributed by atoms with Gasteiger partial charge in [0.15, 0.2) is 11.5 Å². The van der Waals surface area contributed by atoms with Gasteiger partial charge in [0.1, 0.15) is 5.69 Å². The van der Waals surface area contributed by atoms with Gasteiger partial charge in [-0.05, 0) is 36.0 Å². The third-order valence-electron chi connectivity index (χ3n) is 5.05. The van der Waals surface area contributed by atoms with Crippen LogP contribution in [0.4, 0.5) is 17.6 Å². The zero-order chi connectivity index (χ0) is 19.0. The summed E-state index contributed by atoms with van der Waals surface area (Å²) in [6.45, 7) is 0. The molecular formula is C20H17F4N3. The molecule has 1 N–H and O–H groups in total. The fourth-order valence-electron chi connectivity index (χ4n) is 3.72. The zero-order valence-electron chi connectivity index (χ0n) is 14.4. The third-order valence-corrected chi connectivity index (χ3v) is 5.05. The molecule has 0 bridgehead atoms. The second-order valence-electron chi connectivity index (χ2n) is 6.76. The molecule has 7 heteroatoms. The molecule has 0 saturated heterocycles. The van der Waals surface area contributed by atoms with Crippen molar-refractivity contribution in [3.05, 3.63) is 59.7 Å². The van der Waals surface area contributed by atoms with Crippen molar-refractivity contribution < 1.29 is 17.6 Å². The maximum Gasteiger partial charge on any atom is 0.435 e. The minimum atomic E-state index is -4.83. The highest BCUT2D eigenvalue weighted by molar-refractivity contribution is 5.70. The van der Waals surface area contributed by atoms with E-state index in [1.54, 1.807) is 17.4 Å². The number of rotatable bonds is 3. The van der Waals surface area contributed by atoms with Gasteiger partial charge in [0.25, 0.3) is 0 Å². The minimum absolute atomic E-state index is 0.112. The molecule has 0 radical (unpaired) electrons. The molecule has 27 heavy (non-hydrogen) atoms. The summed E-state index contributed by atoms with van der Waals surface area (Å²) >= 11 is 0. The van der Waals surface area contributed by atoms with E-state index in [0.29, 0.717) is 0 Å². The van der Waals surface area contributed by atoms with Crippen molar-refractivity contribution in [1.82, 2.24) is 15.2 Å². The number of nitrogens with one attached hydrogen (secondary N) is 1. The summed E-state index contributed by atoms with van der Waals surface area (Å²) < 4.78 is 52.9. The molecule has 2 heterocycles. The summed E-state index contributed by atoms with van der Waals surface area (Å²) in [5, 5.41) is 5.30. The van der Waals surface area contributed by atoms with Gasteiger partial charge in [0.2, 0.25) is 0 Å². The van der Waals surface area contributed by atoms with Gasteiger partial charge >= 0.3 is 6.18 Å². The average molecular weight is 375 g/mol. The lowest BCUT2D eigenvalue weighted by atomic mass is 9.90. The van der Waals surface area contributed by atoms with Crippen LogP contribution in [0, 0.1) is 5.82 Å². The molecule has 0 spiro atoms. The molecule has 1 saturated carbocycles. The summed E-state index contributed by atoms with van der Waals surface area (Å²) in [6.07, 6.45) is 0.991. The van der Waals surface area contributed by atoms with E-state index in [4.69, 9.17) is 0 Å². The van der Waals surface area contributed by atoms with Crippen molar-refractivity contribution in [2.45, 2.75) is 37.8 Å². The Kier molecular flexibility index (Phi) is 4.45. The van der Waals surface area contributed by atoms with Crippen LogP contribution in [0.2, 0.25) is 0 Å². The van der Waals surface area contributed by atoms with Gasteiger partial charge in [0.05, 0.1) is 5.69 Å². The summed E-state index contributed by atoms with van der Waals surface area (Å²) in [5.74, 6) is -1.13. The molecule has 1 aromatic carbocycles. The largest absolute Gasteiger partial charge is 0.435 e. The van der Waals surface area contributed by atoms with Crippen molar-refractivity contribution >= 4 is 0 Å². The number of alkyl halides is 3. The highest BCUT2D eigenvalue weighted by Gasteiger charge is 2.38. The molecule has 140 valence electrons. The van der Waals surface area contributed by atoms with E-state index in [2.05, 4.69) is 10.1 Å². The highest BCUT2D eigenvalue weighted by Crippen LogP contribution is 2.41.